The maximum absolute atomic E-state index is 12.3. The highest BCUT2D eigenvalue weighted by molar-refractivity contribution is 5.96. The van der Waals surface area contributed by atoms with Gasteiger partial charge in [0.1, 0.15) is 5.58 Å². The Hall–Kier alpha value is -2.82. The summed E-state index contributed by atoms with van der Waals surface area (Å²) in [5, 5.41) is 0.888. The fraction of sp³-hybridized carbons (Fsp3) is 0.333. The van der Waals surface area contributed by atoms with Gasteiger partial charge in [-0.2, -0.15) is 0 Å². The van der Waals surface area contributed by atoms with E-state index in [2.05, 4.69) is 12.7 Å². The summed E-state index contributed by atoms with van der Waals surface area (Å²) in [5.41, 5.74) is 3.74. The van der Waals surface area contributed by atoms with Crippen LogP contribution in [0.25, 0.3) is 16.5 Å². The molecular formula is C21H24N2O3. The van der Waals surface area contributed by atoms with Crippen LogP contribution in [0.15, 0.2) is 46.9 Å². The zero-order chi connectivity index (χ0) is 18.8. The van der Waals surface area contributed by atoms with E-state index in [1.807, 2.05) is 30.0 Å². The minimum absolute atomic E-state index is 0.117. The first-order valence-corrected chi connectivity index (χ1v) is 8.72. The molecule has 0 saturated heterocycles. The van der Waals surface area contributed by atoms with Crippen molar-refractivity contribution in [1.29, 1.82) is 0 Å². The fourth-order valence-corrected chi connectivity index (χ4v) is 3.10. The van der Waals surface area contributed by atoms with Gasteiger partial charge in [0.25, 0.3) is 5.91 Å². The number of rotatable bonds is 4. The molecule has 2 heterocycles. The van der Waals surface area contributed by atoms with Gasteiger partial charge in [0, 0.05) is 39.0 Å². The van der Waals surface area contributed by atoms with Crippen LogP contribution in [0.4, 0.5) is 0 Å². The molecule has 0 N–H and O–H groups in total. The molecular weight excluding hydrogens is 328 g/mol. The number of carbonyl (C=O) groups is 2. The first-order chi connectivity index (χ1) is 12.3. The third-order valence-electron chi connectivity index (χ3n) is 4.46. The van der Waals surface area contributed by atoms with Crippen LogP contribution in [0, 0.1) is 0 Å². The monoisotopic (exact) mass is 352 g/mol. The van der Waals surface area contributed by atoms with E-state index in [1.165, 1.54) is 4.90 Å². The largest absolute Gasteiger partial charge is 0.451 e. The minimum Gasteiger partial charge on any atom is -0.451 e. The lowest BCUT2D eigenvalue weighted by Gasteiger charge is -2.28. The number of furan rings is 1. The van der Waals surface area contributed by atoms with Gasteiger partial charge in [-0.05, 0) is 42.7 Å². The summed E-state index contributed by atoms with van der Waals surface area (Å²) in [6.07, 6.45) is 3.41. The molecule has 5 nitrogen and oxygen atoms in total. The smallest absolute Gasteiger partial charge is 0.289 e. The molecule has 0 radical (unpaired) electrons. The van der Waals surface area contributed by atoms with Crippen LogP contribution in [0.3, 0.4) is 0 Å². The van der Waals surface area contributed by atoms with Crippen LogP contribution in [0.2, 0.25) is 0 Å². The molecule has 1 aliphatic rings. The third-order valence-corrected chi connectivity index (χ3v) is 4.46. The first kappa shape index (κ1) is 18.0. The lowest BCUT2D eigenvalue weighted by molar-refractivity contribution is -0.129. The molecule has 0 saturated carbocycles. The molecule has 0 aliphatic carbocycles. The van der Waals surface area contributed by atoms with Crippen molar-refractivity contribution in [2.24, 2.45) is 0 Å². The van der Waals surface area contributed by atoms with E-state index in [1.54, 1.807) is 20.2 Å². The normalized spacial score (nSPS) is 14.3. The Balaban J connectivity index is 1.83. The Kier molecular flexibility index (Phi) is 4.98. The molecule has 2 amide bonds. The van der Waals surface area contributed by atoms with E-state index in [9.17, 15) is 9.59 Å². The molecule has 0 atom stereocenters. The van der Waals surface area contributed by atoms with Crippen LogP contribution in [-0.2, 0) is 4.79 Å². The standard InChI is InChI=1S/C21H24N2O3/c1-14(2)10-20(24)23-9-5-6-16(13-23)15-7-8-18-17(11-15)12-19(26-18)21(25)22(3)4/h6-8,11-12H,1,5,9-10,13H2,2-4H3. The maximum Gasteiger partial charge on any atom is 0.289 e. The third kappa shape index (κ3) is 3.72. The zero-order valence-electron chi connectivity index (χ0n) is 15.5. The van der Waals surface area contributed by atoms with Crippen LogP contribution in [0.5, 0.6) is 0 Å². The van der Waals surface area contributed by atoms with E-state index in [0.717, 1.165) is 35.1 Å². The Bertz CT molecular complexity index is 905. The summed E-state index contributed by atoms with van der Waals surface area (Å²) in [4.78, 5) is 27.8. The average Bonchev–Trinajstić information content (AvgIpc) is 3.03. The Labute approximate surface area is 153 Å². The number of benzene rings is 1. The molecule has 0 spiro atoms. The molecule has 1 aliphatic heterocycles. The van der Waals surface area contributed by atoms with Crippen molar-refractivity contribution in [2.75, 3.05) is 27.2 Å². The molecule has 1 aromatic heterocycles. The topological polar surface area (TPSA) is 53.8 Å². The fourth-order valence-electron chi connectivity index (χ4n) is 3.10. The summed E-state index contributed by atoms with van der Waals surface area (Å²) in [6, 6.07) is 7.65. The van der Waals surface area contributed by atoms with Gasteiger partial charge in [-0.15, -0.1) is 0 Å². The maximum atomic E-state index is 12.3. The number of amides is 2. The molecule has 3 rings (SSSR count). The van der Waals surface area contributed by atoms with Gasteiger partial charge in [0.2, 0.25) is 5.91 Å². The SMILES string of the molecule is C=C(C)CC(=O)N1CCC=C(c2ccc3oc(C(=O)N(C)C)cc3c2)C1. The van der Waals surface area contributed by atoms with E-state index in [0.29, 0.717) is 24.3 Å². The molecule has 136 valence electrons. The number of hydrogen-bond acceptors (Lipinski definition) is 3. The lowest BCUT2D eigenvalue weighted by atomic mass is 9.99. The van der Waals surface area contributed by atoms with Crippen molar-refractivity contribution in [3.05, 3.63) is 53.8 Å². The van der Waals surface area contributed by atoms with Crippen LogP contribution >= 0.6 is 0 Å². The molecule has 2 aromatic rings. The average molecular weight is 352 g/mol. The Morgan fingerprint density at radius 2 is 2.04 bits per heavy atom. The molecule has 5 heteroatoms. The zero-order valence-corrected chi connectivity index (χ0v) is 15.5. The molecule has 0 bridgehead atoms. The van der Waals surface area contributed by atoms with Gasteiger partial charge in [0.05, 0.1) is 0 Å². The van der Waals surface area contributed by atoms with Crippen molar-refractivity contribution in [2.45, 2.75) is 19.8 Å². The van der Waals surface area contributed by atoms with E-state index < -0.39 is 0 Å². The van der Waals surface area contributed by atoms with Gasteiger partial charge < -0.3 is 14.2 Å². The highest BCUT2D eigenvalue weighted by Gasteiger charge is 2.20. The van der Waals surface area contributed by atoms with Gasteiger partial charge in [0.15, 0.2) is 5.76 Å². The summed E-state index contributed by atoms with van der Waals surface area (Å²) in [6.45, 7) is 7.04. The predicted octanol–water partition coefficient (Wildman–Crippen LogP) is 3.72. The summed E-state index contributed by atoms with van der Waals surface area (Å²) < 4.78 is 5.65. The van der Waals surface area contributed by atoms with Gasteiger partial charge in [-0.1, -0.05) is 24.3 Å². The number of carbonyl (C=O) groups excluding carboxylic acids is 2. The second-order valence-corrected chi connectivity index (χ2v) is 7.03. The van der Waals surface area contributed by atoms with Gasteiger partial charge in [-0.25, -0.2) is 0 Å². The van der Waals surface area contributed by atoms with Crippen molar-refractivity contribution in [1.82, 2.24) is 9.80 Å². The second-order valence-electron chi connectivity index (χ2n) is 7.03. The number of hydrogen-bond donors (Lipinski definition) is 0. The molecule has 26 heavy (non-hydrogen) atoms. The van der Waals surface area contributed by atoms with Gasteiger partial charge in [-0.3, -0.25) is 9.59 Å². The molecule has 0 unspecified atom stereocenters. The van der Waals surface area contributed by atoms with E-state index >= 15 is 0 Å². The Morgan fingerprint density at radius 3 is 2.73 bits per heavy atom. The molecule has 1 aromatic carbocycles. The van der Waals surface area contributed by atoms with Crippen molar-refractivity contribution < 1.29 is 14.0 Å². The van der Waals surface area contributed by atoms with Gasteiger partial charge >= 0.3 is 0 Å². The predicted molar refractivity (Wildman–Crippen MR) is 103 cm³/mol. The van der Waals surface area contributed by atoms with Crippen molar-refractivity contribution >= 4 is 28.4 Å². The van der Waals surface area contributed by atoms with E-state index in [4.69, 9.17) is 4.42 Å². The lowest BCUT2D eigenvalue weighted by Crippen LogP contribution is -2.35. The summed E-state index contributed by atoms with van der Waals surface area (Å²) >= 11 is 0. The quantitative estimate of drug-likeness (QED) is 0.788. The van der Waals surface area contributed by atoms with Crippen LogP contribution < -0.4 is 0 Å². The number of fused-ring (bicyclic) bond motifs is 1. The highest BCUT2D eigenvalue weighted by atomic mass is 16.3. The number of nitrogens with zero attached hydrogens (tertiary/aromatic N) is 2. The highest BCUT2D eigenvalue weighted by Crippen LogP contribution is 2.27. The first-order valence-electron chi connectivity index (χ1n) is 8.72. The second kappa shape index (κ2) is 7.20. The van der Waals surface area contributed by atoms with Crippen LogP contribution in [-0.4, -0.2) is 48.8 Å². The molecule has 0 fully saturated rings. The summed E-state index contributed by atoms with van der Waals surface area (Å²) in [7, 11) is 3.40. The minimum atomic E-state index is -0.156. The van der Waals surface area contributed by atoms with Crippen molar-refractivity contribution in [3.63, 3.8) is 0 Å². The van der Waals surface area contributed by atoms with Crippen molar-refractivity contribution in [3.8, 4) is 0 Å². The Morgan fingerprint density at radius 1 is 1.27 bits per heavy atom. The summed E-state index contributed by atoms with van der Waals surface area (Å²) in [5.74, 6) is 0.292. The van der Waals surface area contributed by atoms with E-state index in [-0.39, 0.29) is 11.8 Å². The van der Waals surface area contributed by atoms with Crippen LogP contribution in [0.1, 0.15) is 35.9 Å².